The molecule has 0 bridgehead atoms. The van der Waals surface area contributed by atoms with Gasteiger partial charge in [-0.15, -0.1) is 5.10 Å². The molecule has 3 aromatic carbocycles. The Kier molecular flexibility index (Phi) is 6.13. The van der Waals surface area contributed by atoms with Gasteiger partial charge in [0.2, 0.25) is 0 Å². The van der Waals surface area contributed by atoms with Crippen LogP contribution in [0.1, 0.15) is 43.5 Å². The summed E-state index contributed by atoms with van der Waals surface area (Å²) in [6, 6.07) is 22.6. The number of H-pyrrole nitrogens is 1. The molecular weight excluding hydrogens is 482 g/mol. The van der Waals surface area contributed by atoms with E-state index in [4.69, 9.17) is 16.7 Å². The van der Waals surface area contributed by atoms with Crippen molar-refractivity contribution in [3.63, 3.8) is 0 Å². The minimum Gasteiger partial charge on any atom is -0.370 e. The SMILES string of the molecule is CC(=O)C1=NN(c2ccc(C)cc2)[C@H](c2c[nH]c3ccccc23)N1c1ccc(N2CCCCC2)c(Cl)c1. The minimum atomic E-state index is -0.366. The quantitative estimate of drug-likeness (QED) is 0.312. The maximum absolute atomic E-state index is 13.0. The highest BCUT2D eigenvalue weighted by atomic mass is 35.5. The number of nitrogens with zero attached hydrogens (tertiary/aromatic N) is 4. The first kappa shape index (κ1) is 23.6. The van der Waals surface area contributed by atoms with E-state index in [0.717, 1.165) is 46.6 Å². The molecule has 0 saturated carbocycles. The number of hydrogen-bond donors (Lipinski definition) is 1. The highest BCUT2D eigenvalue weighted by Crippen LogP contribution is 2.43. The molecule has 1 fully saturated rings. The number of Topliss-reactive ketones (excluding diaryl/α,β-unsaturated/α-hetero) is 1. The van der Waals surface area contributed by atoms with Crippen LogP contribution >= 0.6 is 11.6 Å². The standard InChI is InChI=1S/C30H30ClN5O/c1-20-10-12-22(13-11-20)36-30(25-19-32-27-9-5-4-8-24(25)27)35(29(33-36)21(2)37)23-14-15-28(26(31)18-23)34-16-6-3-7-17-34/h4-5,8-15,18-19,30,32H,3,6-7,16-17H2,1-2H3/t30-/m1/s1. The van der Waals surface area contributed by atoms with Gasteiger partial charge in [-0.05, 0) is 62.6 Å². The molecule has 188 valence electrons. The number of amidine groups is 1. The summed E-state index contributed by atoms with van der Waals surface area (Å²) in [6.45, 7) is 5.66. The lowest BCUT2D eigenvalue weighted by Crippen LogP contribution is -2.38. The summed E-state index contributed by atoms with van der Waals surface area (Å²) < 4.78 is 0. The Hall–Kier alpha value is -3.77. The number of anilines is 3. The third-order valence-corrected chi connectivity index (χ3v) is 7.63. The highest BCUT2D eigenvalue weighted by molar-refractivity contribution is 6.44. The molecule has 0 aliphatic carbocycles. The largest absolute Gasteiger partial charge is 0.370 e. The number of benzene rings is 3. The number of fused-ring (bicyclic) bond motifs is 1. The molecule has 1 atom stereocenters. The number of nitrogens with one attached hydrogen (secondary N) is 1. The molecule has 6 rings (SSSR count). The van der Waals surface area contributed by atoms with Crippen molar-refractivity contribution in [3.05, 3.63) is 89.1 Å². The van der Waals surface area contributed by atoms with Crippen LogP contribution in [0.25, 0.3) is 10.9 Å². The van der Waals surface area contributed by atoms with Gasteiger partial charge in [0.15, 0.2) is 17.8 Å². The predicted octanol–water partition coefficient (Wildman–Crippen LogP) is 7.05. The monoisotopic (exact) mass is 511 g/mol. The zero-order chi connectivity index (χ0) is 25.5. The molecule has 1 N–H and O–H groups in total. The van der Waals surface area contributed by atoms with Crippen molar-refractivity contribution in [2.45, 2.75) is 39.3 Å². The summed E-state index contributed by atoms with van der Waals surface area (Å²) in [5.41, 5.74) is 6.04. The molecule has 0 radical (unpaired) electrons. The van der Waals surface area contributed by atoms with Gasteiger partial charge in [0, 0.05) is 48.4 Å². The van der Waals surface area contributed by atoms with E-state index in [1.54, 1.807) is 6.92 Å². The molecule has 1 saturated heterocycles. The van der Waals surface area contributed by atoms with Crippen LogP contribution in [-0.2, 0) is 4.79 Å². The van der Waals surface area contributed by atoms with E-state index in [-0.39, 0.29) is 11.9 Å². The zero-order valence-electron chi connectivity index (χ0n) is 21.1. The lowest BCUT2D eigenvalue weighted by Gasteiger charge is -2.33. The number of hydrazone groups is 1. The summed E-state index contributed by atoms with van der Waals surface area (Å²) in [6.07, 6.45) is 5.28. The van der Waals surface area contributed by atoms with Gasteiger partial charge in [0.25, 0.3) is 0 Å². The summed E-state index contributed by atoms with van der Waals surface area (Å²) >= 11 is 6.89. The Morgan fingerprint density at radius 2 is 1.70 bits per heavy atom. The number of ketones is 1. The van der Waals surface area contributed by atoms with Gasteiger partial charge in [-0.1, -0.05) is 47.5 Å². The number of aromatic nitrogens is 1. The van der Waals surface area contributed by atoms with Gasteiger partial charge in [0.05, 0.1) is 16.4 Å². The van der Waals surface area contributed by atoms with Gasteiger partial charge in [0.1, 0.15) is 0 Å². The van der Waals surface area contributed by atoms with E-state index < -0.39 is 0 Å². The molecule has 0 unspecified atom stereocenters. The van der Waals surface area contributed by atoms with Crippen LogP contribution in [0.15, 0.2) is 78.0 Å². The third kappa shape index (κ3) is 4.25. The Labute approximate surface area is 222 Å². The van der Waals surface area contributed by atoms with Crippen molar-refractivity contribution in [3.8, 4) is 0 Å². The highest BCUT2D eigenvalue weighted by Gasteiger charge is 2.40. The number of carbonyl (C=O) groups is 1. The lowest BCUT2D eigenvalue weighted by molar-refractivity contribution is -0.111. The maximum Gasteiger partial charge on any atom is 0.198 e. The number of aryl methyl sites for hydroxylation is 1. The molecule has 2 aliphatic rings. The fraction of sp³-hybridized carbons (Fsp3) is 0.267. The van der Waals surface area contributed by atoms with E-state index in [1.807, 2.05) is 46.4 Å². The molecule has 37 heavy (non-hydrogen) atoms. The first-order chi connectivity index (χ1) is 18.0. The van der Waals surface area contributed by atoms with E-state index in [1.165, 1.54) is 24.8 Å². The second-order valence-corrected chi connectivity index (χ2v) is 10.3. The molecular formula is C30H30ClN5O. The van der Waals surface area contributed by atoms with E-state index in [2.05, 4.69) is 53.2 Å². The first-order valence-corrected chi connectivity index (χ1v) is 13.2. The molecule has 1 aromatic heterocycles. The number of rotatable bonds is 5. The molecule has 0 spiro atoms. The molecule has 6 nitrogen and oxygen atoms in total. The topological polar surface area (TPSA) is 54.9 Å². The average molecular weight is 512 g/mol. The van der Waals surface area contributed by atoms with Gasteiger partial charge < -0.3 is 9.88 Å². The lowest BCUT2D eigenvalue weighted by atomic mass is 10.1. The van der Waals surface area contributed by atoms with Crippen LogP contribution in [0.3, 0.4) is 0 Å². The van der Waals surface area contributed by atoms with E-state index >= 15 is 0 Å². The third-order valence-electron chi connectivity index (χ3n) is 7.33. The van der Waals surface area contributed by atoms with Gasteiger partial charge >= 0.3 is 0 Å². The zero-order valence-corrected chi connectivity index (χ0v) is 21.9. The minimum absolute atomic E-state index is 0.101. The van der Waals surface area contributed by atoms with Crippen LogP contribution in [0.5, 0.6) is 0 Å². The molecule has 4 aromatic rings. The van der Waals surface area contributed by atoms with E-state index in [0.29, 0.717) is 10.9 Å². The van der Waals surface area contributed by atoms with Crippen molar-refractivity contribution < 1.29 is 4.79 Å². The van der Waals surface area contributed by atoms with Crippen molar-refractivity contribution in [1.82, 2.24) is 4.98 Å². The number of aromatic amines is 1. The van der Waals surface area contributed by atoms with Crippen LogP contribution in [0, 0.1) is 6.92 Å². The van der Waals surface area contributed by atoms with Gasteiger partial charge in [-0.3, -0.25) is 9.69 Å². The Balaban J connectivity index is 1.50. The fourth-order valence-corrected chi connectivity index (χ4v) is 5.74. The van der Waals surface area contributed by atoms with Crippen molar-refractivity contribution in [2.75, 3.05) is 27.9 Å². The summed E-state index contributed by atoms with van der Waals surface area (Å²) in [7, 11) is 0. The van der Waals surface area contributed by atoms with Crippen molar-refractivity contribution in [1.29, 1.82) is 0 Å². The number of para-hydroxylation sites is 1. The predicted molar refractivity (Wildman–Crippen MR) is 153 cm³/mol. The first-order valence-electron chi connectivity index (χ1n) is 12.9. The van der Waals surface area contributed by atoms with Crippen molar-refractivity contribution >= 4 is 51.2 Å². The Morgan fingerprint density at radius 3 is 2.43 bits per heavy atom. The van der Waals surface area contributed by atoms with Crippen LogP contribution < -0.4 is 14.8 Å². The molecule has 3 heterocycles. The smallest absolute Gasteiger partial charge is 0.198 e. The number of hydrogen-bond acceptors (Lipinski definition) is 5. The normalized spacial score (nSPS) is 18.0. The summed E-state index contributed by atoms with van der Waals surface area (Å²) in [4.78, 5) is 20.8. The average Bonchev–Trinajstić information content (AvgIpc) is 3.51. The van der Waals surface area contributed by atoms with Crippen LogP contribution in [-0.4, -0.2) is 29.7 Å². The van der Waals surface area contributed by atoms with E-state index in [9.17, 15) is 4.79 Å². The number of carbonyl (C=O) groups excluding carboxylic acids is 1. The number of piperidine rings is 1. The maximum atomic E-state index is 13.0. The van der Waals surface area contributed by atoms with Crippen LogP contribution in [0.2, 0.25) is 5.02 Å². The molecule has 2 aliphatic heterocycles. The number of halogens is 1. The van der Waals surface area contributed by atoms with Gasteiger partial charge in [-0.2, -0.15) is 0 Å². The summed E-state index contributed by atoms with van der Waals surface area (Å²) in [5.74, 6) is 0.285. The van der Waals surface area contributed by atoms with Gasteiger partial charge in [-0.25, -0.2) is 5.01 Å². The second kappa shape index (κ2) is 9.60. The van der Waals surface area contributed by atoms with Crippen LogP contribution in [0.4, 0.5) is 17.1 Å². The fourth-order valence-electron chi connectivity index (χ4n) is 5.45. The summed E-state index contributed by atoms with van der Waals surface area (Å²) in [5, 5.41) is 8.61. The Morgan fingerprint density at radius 1 is 0.973 bits per heavy atom. The second-order valence-electron chi connectivity index (χ2n) is 9.88. The Bertz CT molecular complexity index is 1490. The molecule has 0 amide bonds. The van der Waals surface area contributed by atoms with Crippen molar-refractivity contribution in [2.24, 2.45) is 5.10 Å². The molecule has 7 heteroatoms.